The molecule has 29 heavy (non-hydrogen) atoms. The Balaban J connectivity index is 1.69. The van der Waals surface area contributed by atoms with E-state index in [1.165, 1.54) is 75.7 Å². The number of carbonyl (C=O) groups is 1. The molecule has 2 heterocycles. The van der Waals surface area contributed by atoms with Gasteiger partial charge in [-0.25, -0.2) is 0 Å². The fraction of sp³-hybridized carbons (Fsp3) is 0.880. The van der Waals surface area contributed by atoms with Gasteiger partial charge in [0.15, 0.2) is 0 Å². The minimum atomic E-state index is -0.661. The van der Waals surface area contributed by atoms with Gasteiger partial charge in [-0.1, -0.05) is 50.7 Å². The topological polar surface area (TPSA) is 46.5 Å². The van der Waals surface area contributed by atoms with Gasteiger partial charge in [-0.15, -0.1) is 0 Å². The first kappa shape index (κ1) is 24.8. The number of carboxylic acid groups (broad SMARTS) is 1. The van der Waals surface area contributed by atoms with Crippen molar-refractivity contribution in [1.82, 2.24) is 0 Å². The molecule has 2 aliphatic rings. The molecule has 2 bridgehead atoms. The number of rotatable bonds is 16. The maximum Gasteiger partial charge on any atom is 0.303 e. The molecule has 0 saturated carbocycles. The molecular weight excluding hydrogens is 380 g/mol. The normalized spacial score (nSPS) is 26.7. The number of hydrogen-bond donors (Lipinski definition) is 1. The lowest BCUT2D eigenvalue weighted by Crippen LogP contribution is -2.27. The van der Waals surface area contributed by atoms with E-state index in [4.69, 9.17) is 9.84 Å². The smallest absolute Gasteiger partial charge is 0.303 e. The van der Waals surface area contributed by atoms with E-state index in [-0.39, 0.29) is 0 Å². The molecule has 2 fully saturated rings. The fourth-order valence-electron chi connectivity index (χ4n) is 5.24. The van der Waals surface area contributed by atoms with Gasteiger partial charge < -0.3 is 9.84 Å². The molecule has 2 aliphatic heterocycles. The van der Waals surface area contributed by atoms with Gasteiger partial charge in [-0.2, -0.15) is 11.8 Å². The van der Waals surface area contributed by atoms with Crippen LogP contribution in [0.15, 0.2) is 11.1 Å². The van der Waals surface area contributed by atoms with Crippen LogP contribution in [0.3, 0.4) is 0 Å². The molecule has 0 radical (unpaired) electrons. The van der Waals surface area contributed by atoms with Crippen molar-refractivity contribution in [1.29, 1.82) is 0 Å². The summed E-state index contributed by atoms with van der Waals surface area (Å²) in [6.07, 6.45) is 15.8. The number of ether oxygens (including phenoxy) is 1. The Hall–Kier alpha value is -0.480. The summed E-state index contributed by atoms with van der Waals surface area (Å²) in [4.78, 5) is 10.6. The molecule has 168 valence electrons. The van der Waals surface area contributed by atoms with E-state index in [0.29, 0.717) is 18.6 Å². The summed E-state index contributed by atoms with van der Waals surface area (Å²) in [7, 11) is 0. The van der Waals surface area contributed by atoms with Crippen LogP contribution in [0.1, 0.15) is 104 Å². The molecule has 2 rings (SSSR count). The highest BCUT2D eigenvalue weighted by Gasteiger charge is 2.47. The molecule has 0 aromatic carbocycles. The lowest BCUT2D eigenvalue weighted by molar-refractivity contribution is -0.137. The first-order chi connectivity index (χ1) is 14.1. The average Bonchev–Trinajstić information content (AvgIpc) is 3.30. The van der Waals surface area contributed by atoms with Crippen molar-refractivity contribution >= 4 is 17.7 Å². The van der Waals surface area contributed by atoms with Gasteiger partial charge in [-0.05, 0) is 75.9 Å². The third kappa shape index (κ3) is 8.28. The van der Waals surface area contributed by atoms with Crippen LogP contribution < -0.4 is 0 Å². The van der Waals surface area contributed by atoms with Crippen molar-refractivity contribution in [3.8, 4) is 0 Å². The van der Waals surface area contributed by atoms with Gasteiger partial charge in [0.2, 0.25) is 0 Å². The summed E-state index contributed by atoms with van der Waals surface area (Å²) in [5.41, 5.74) is 3.30. The van der Waals surface area contributed by atoms with Crippen LogP contribution in [-0.2, 0) is 9.53 Å². The predicted octanol–water partition coefficient (Wildman–Crippen LogP) is 7.25. The summed E-state index contributed by atoms with van der Waals surface area (Å²) in [6.45, 7) is 6.92. The Morgan fingerprint density at radius 3 is 2.31 bits per heavy atom. The van der Waals surface area contributed by atoms with Gasteiger partial charge >= 0.3 is 5.97 Å². The summed E-state index contributed by atoms with van der Waals surface area (Å²) >= 11 is 2.13. The van der Waals surface area contributed by atoms with E-state index in [1.54, 1.807) is 11.1 Å². The van der Waals surface area contributed by atoms with Crippen LogP contribution in [-0.4, -0.2) is 34.8 Å². The molecule has 0 amide bonds. The maximum atomic E-state index is 10.6. The van der Waals surface area contributed by atoms with Crippen molar-refractivity contribution in [3.05, 3.63) is 11.1 Å². The quantitative estimate of drug-likeness (QED) is 0.209. The van der Waals surface area contributed by atoms with Gasteiger partial charge in [-0.3, -0.25) is 4.79 Å². The van der Waals surface area contributed by atoms with Crippen molar-refractivity contribution in [2.24, 2.45) is 11.8 Å². The van der Waals surface area contributed by atoms with Crippen LogP contribution >= 0.6 is 11.8 Å². The zero-order chi connectivity index (χ0) is 21.1. The number of carboxylic acids is 1. The van der Waals surface area contributed by atoms with Gasteiger partial charge in [0.05, 0.1) is 12.2 Å². The monoisotopic (exact) mass is 424 g/mol. The summed E-state index contributed by atoms with van der Waals surface area (Å²) in [5.74, 6) is 3.32. The molecule has 1 N–H and O–H groups in total. The van der Waals surface area contributed by atoms with Gasteiger partial charge in [0, 0.05) is 12.2 Å². The molecule has 2 saturated heterocycles. The van der Waals surface area contributed by atoms with E-state index in [2.05, 4.69) is 32.5 Å². The Kier molecular flexibility index (Phi) is 11.8. The average molecular weight is 425 g/mol. The number of allylic oxidation sites excluding steroid dienone is 1. The SMILES string of the molecule is CCCCC(C)=C(CC)CSCC[C@H]1[C@@H](CCCCCCC(=O)O)[C@H]2CC[C@@H]1O2. The first-order valence-corrected chi connectivity index (χ1v) is 13.3. The highest BCUT2D eigenvalue weighted by atomic mass is 32.2. The van der Waals surface area contributed by atoms with Gasteiger partial charge in [0.1, 0.15) is 0 Å². The lowest BCUT2D eigenvalue weighted by atomic mass is 9.75. The number of hydrogen-bond acceptors (Lipinski definition) is 3. The van der Waals surface area contributed by atoms with Crippen molar-refractivity contribution in [2.45, 2.75) is 116 Å². The van der Waals surface area contributed by atoms with Crippen molar-refractivity contribution in [3.63, 3.8) is 0 Å². The maximum absolute atomic E-state index is 10.6. The third-order valence-electron chi connectivity index (χ3n) is 7.08. The minimum Gasteiger partial charge on any atom is -0.481 e. The molecule has 0 spiro atoms. The fourth-order valence-corrected chi connectivity index (χ4v) is 6.52. The predicted molar refractivity (Wildman–Crippen MR) is 125 cm³/mol. The zero-order valence-corrected chi connectivity index (χ0v) is 19.9. The number of fused-ring (bicyclic) bond motifs is 2. The molecular formula is C25H44O3S. The highest BCUT2D eigenvalue weighted by molar-refractivity contribution is 7.99. The van der Waals surface area contributed by atoms with Crippen LogP contribution in [0.25, 0.3) is 0 Å². The van der Waals surface area contributed by atoms with E-state index >= 15 is 0 Å². The van der Waals surface area contributed by atoms with Crippen LogP contribution in [0, 0.1) is 11.8 Å². The zero-order valence-electron chi connectivity index (χ0n) is 19.1. The second-order valence-corrected chi connectivity index (χ2v) is 10.3. The molecule has 0 aromatic rings. The number of thioether (sulfide) groups is 1. The largest absolute Gasteiger partial charge is 0.481 e. The van der Waals surface area contributed by atoms with Gasteiger partial charge in [0.25, 0.3) is 0 Å². The lowest BCUT2D eigenvalue weighted by Gasteiger charge is -2.28. The van der Waals surface area contributed by atoms with Crippen LogP contribution in [0.2, 0.25) is 0 Å². The van der Waals surface area contributed by atoms with E-state index < -0.39 is 5.97 Å². The summed E-state index contributed by atoms with van der Waals surface area (Å²) < 4.78 is 6.29. The summed E-state index contributed by atoms with van der Waals surface area (Å²) in [5, 5.41) is 8.75. The second kappa shape index (κ2) is 13.7. The Morgan fingerprint density at radius 1 is 0.966 bits per heavy atom. The molecule has 0 aromatic heterocycles. The Bertz CT molecular complexity index is 516. The molecule has 4 heteroatoms. The minimum absolute atomic E-state index is 0.323. The molecule has 3 nitrogen and oxygen atoms in total. The van der Waals surface area contributed by atoms with Crippen molar-refractivity contribution < 1.29 is 14.6 Å². The Labute approximate surface area is 183 Å². The van der Waals surface area contributed by atoms with E-state index in [1.807, 2.05) is 0 Å². The van der Waals surface area contributed by atoms with E-state index in [9.17, 15) is 4.79 Å². The third-order valence-corrected chi connectivity index (χ3v) is 8.15. The Morgan fingerprint density at radius 2 is 1.66 bits per heavy atom. The second-order valence-electron chi connectivity index (χ2n) is 9.15. The van der Waals surface area contributed by atoms with Crippen LogP contribution in [0.4, 0.5) is 0 Å². The first-order valence-electron chi connectivity index (χ1n) is 12.2. The van der Waals surface area contributed by atoms with E-state index in [0.717, 1.165) is 24.7 Å². The number of aliphatic carboxylic acids is 1. The number of unbranched alkanes of at least 4 members (excludes halogenated alkanes) is 4. The van der Waals surface area contributed by atoms with Crippen LogP contribution in [0.5, 0.6) is 0 Å². The summed E-state index contributed by atoms with van der Waals surface area (Å²) in [6, 6.07) is 0. The molecule has 0 unspecified atom stereocenters. The highest BCUT2D eigenvalue weighted by Crippen LogP contribution is 2.47. The molecule has 4 atom stereocenters. The standard InChI is InChI=1S/C25H44O3S/c1-4-6-11-19(3)20(5-2)18-29-17-16-22-21(23-14-15-24(22)28-23)12-9-7-8-10-13-25(26)27/h21-24H,4-18H2,1-3H3,(H,26,27)/t21-,22+,23-,24+/m1/s1. The molecule has 0 aliphatic carbocycles. The van der Waals surface area contributed by atoms with Crippen molar-refractivity contribution in [2.75, 3.05) is 11.5 Å².